The van der Waals surface area contributed by atoms with Crippen LogP contribution in [0, 0.1) is 5.92 Å². The van der Waals surface area contributed by atoms with Gasteiger partial charge in [-0.2, -0.15) is 0 Å². The lowest BCUT2D eigenvalue weighted by Crippen LogP contribution is -2.49. The second-order valence-electron chi connectivity index (χ2n) is 6.33. The molecule has 1 aliphatic carbocycles. The van der Waals surface area contributed by atoms with Crippen LogP contribution in [0.2, 0.25) is 0 Å². The van der Waals surface area contributed by atoms with E-state index in [1.54, 1.807) is 0 Å². The van der Waals surface area contributed by atoms with Crippen LogP contribution < -0.4 is 5.32 Å². The maximum Gasteiger partial charge on any atom is 0.256 e. The monoisotopic (exact) mass is 286 g/mol. The van der Waals surface area contributed by atoms with Crippen LogP contribution in [0.25, 0.3) is 0 Å². The number of anilines is 1. The van der Waals surface area contributed by atoms with Gasteiger partial charge in [-0.05, 0) is 50.7 Å². The maximum atomic E-state index is 13.0. The zero-order chi connectivity index (χ0) is 14.7. The predicted molar refractivity (Wildman–Crippen MR) is 86.6 cm³/mol. The Hall–Kier alpha value is -1.51. The van der Waals surface area contributed by atoms with Crippen LogP contribution in [0.1, 0.15) is 55.8 Å². The number of benzene rings is 1. The molecule has 2 atom stereocenters. The number of nitrogens with zero attached hydrogens (tertiary/aromatic N) is 1. The van der Waals surface area contributed by atoms with E-state index in [2.05, 4.69) is 17.1 Å². The number of rotatable bonds is 3. The molecule has 1 aliphatic heterocycles. The third-order valence-electron chi connectivity index (χ3n) is 5.03. The predicted octanol–water partition coefficient (Wildman–Crippen LogP) is 3.91. The number of fused-ring (bicyclic) bond motifs is 1. The van der Waals surface area contributed by atoms with Crippen LogP contribution >= 0.6 is 0 Å². The maximum absolute atomic E-state index is 13.0. The zero-order valence-corrected chi connectivity index (χ0v) is 13.0. The van der Waals surface area contributed by atoms with Crippen molar-refractivity contribution in [3.63, 3.8) is 0 Å². The van der Waals surface area contributed by atoms with Crippen molar-refractivity contribution >= 4 is 11.6 Å². The Morgan fingerprint density at radius 3 is 2.81 bits per heavy atom. The van der Waals surface area contributed by atoms with Crippen molar-refractivity contribution < 1.29 is 4.79 Å². The summed E-state index contributed by atoms with van der Waals surface area (Å²) < 4.78 is 0. The first-order valence-corrected chi connectivity index (χ1v) is 8.45. The molecule has 1 N–H and O–H groups in total. The Labute approximate surface area is 127 Å². The van der Waals surface area contributed by atoms with Crippen LogP contribution in [0.4, 0.5) is 5.69 Å². The highest BCUT2D eigenvalue weighted by Gasteiger charge is 2.36. The molecule has 2 aliphatic rings. The van der Waals surface area contributed by atoms with Gasteiger partial charge in [-0.25, -0.2) is 0 Å². The molecule has 3 rings (SSSR count). The summed E-state index contributed by atoms with van der Waals surface area (Å²) in [5.74, 6) is 0.964. The summed E-state index contributed by atoms with van der Waals surface area (Å²) in [4.78, 5) is 15.2. The number of hydrogen-bond acceptors (Lipinski definition) is 2. The van der Waals surface area contributed by atoms with Gasteiger partial charge in [0.05, 0.1) is 5.56 Å². The topological polar surface area (TPSA) is 32.3 Å². The van der Waals surface area contributed by atoms with Crippen molar-refractivity contribution in [1.29, 1.82) is 0 Å². The van der Waals surface area contributed by atoms with E-state index in [0.29, 0.717) is 6.04 Å². The van der Waals surface area contributed by atoms with Gasteiger partial charge < -0.3 is 10.2 Å². The number of carbonyl (C=O) groups excluding carboxylic acids is 1. The van der Waals surface area contributed by atoms with E-state index in [4.69, 9.17) is 0 Å². The molecule has 3 heteroatoms. The van der Waals surface area contributed by atoms with Crippen molar-refractivity contribution in [2.24, 2.45) is 5.92 Å². The third kappa shape index (κ3) is 2.92. The van der Waals surface area contributed by atoms with Gasteiger partial charge in [-0.1, -0.05) is 25.0 Å². The van der Waals surface area contributed by atoms with Gasteiger partial charge in [0.1, 0.15) is 0 Å². The average Bonchev–Trinajstić information content (AvgIpc) is 2.54. The largest absolute Gasteiger partial charge is 0.385 e. The van der Waals surface area contributed by atoms with Crippen molar-refractivity contribution in [3.8, 4) is 0 Å². The van der Waals surface area contributed by atoms with Crippen molar-refractivity contribution in [3.05, 3.63) is 29.8 Å². The molecular weight excluding hydrogens is 260 g/mol. The molecule has 1 amide bonds. The molecule has 1 aromatic carbocycles. The lowest BCUT2D eigenvalue weighted by atomic mass is 9.78. The first-order valence-electron chi connectivity index (χ1n) is 8.45. The summed E-state index contributed by atoms with van der Waals surface area (Å²) in [7, 11) is 0. The van der Waals surface area contributed by atoms with Gasteiger partial charge in [0, 0.05) is 24.8 Å². The number of amides is 1. The molecule has 2 fully saturated rings. The summed E-state index contributed by atoms with van der Waals surface area (Å²) in [6.45, 7) is 3.84. The highest BCUT2D eigenvalue weighted by molar-refractivity contribution is 5.99. The third-order valence-corrected chi connectivity index (χ3v) is 5.03. The molecular formula is C18H26N2O. The van der Waals surface area contributed by atoms with Gasteiger partial charge in [-0.15, -0.1) is 0 Å². The zero-order valence-electron chi connectivity index (χ0n) is 13.0. The number of piperidine rings is 1. The molecule has 1 saturated heterocycles. The summed E-state index contributed by atoms with van der Waals surface area (Å²) in [5.41, 5.74) is 1.81. The summed E-state index contributed by atoms with van der Waals surface area (Å²) in [6, 6.07) is 8.42. The Morgan fingerprint density at radius 2 is 1.95 bits per heavy atom. The van der Waals surface area contributed by atoms with E-state index < -0.39 is 0 Å². The number of nitrogens with one attached hydrogen (secondary N) is 1. The Kier molecular flexibility index (Phi) is 4.47. The van der Waals surface area contributed by atoms with Gasteiger partial charge in [0.25, 0.3) is 5.91 Å². The van der Waals surface area contributed by atoms with Gasteiger partial charge >= 0.3 is 0 Å². The normalized spacial score (nSPS) is 25.3. The van der Waals surface area contributed by atoms with Crippen LogP contribution in [0.3, 0.4) is 0 Å². The molecule has 21 heavy (non-hydrogen) atoms. The highest BCUT2D eigenvalue weighted by atomic mass is 16.2. The standard InChI is InChI=1S/C18H26N2O/c1-2-19-16-11-5-4-10-15(16)18(21)20-13-7-9-14-8-3-6-12-17(14)20/h4-5,10-11,14,17,19H,2-3,6-9,12-13H2,1H3. The van der Waals surface area contributed by atoms with E-state index in [-0.39, 0.29) is 5.91 Å². The lowest BCUT2D eigenvalue weighted by molar-refractivity contribution is 0.0391. The van der Waals surface area contributed by atoms with E-state index in [9.17, 15) is 4.79 Å². The molecule has 1 saturated carbocycles. The summed E-state index contributed by atoms with van der Waals surface area (Å²) >= 11 is 0. The van der Waals surface area contributed by atoms with E-state index in [1.165, 1.54) is 32.1 Å². The molecule has 114 valence electrons. The highest BCUT2D eigenvalue weighted by Crippen LogP contribution is 2.36. The fourth-order valence-corrected chi connectivity index (χ4v) is 4.05. The first-order chi connectivity index (χ1) is 10.3. The number of carbonyl (C=O) groups is 1. The molecule has 1 aromatic rings. The Balaban J connectivity index is 1.83. The molecule has 3 nitrogen and oxygen atoms in total. The molecule has 0 aromatic heterocycles. The molecule has 0 spiro atoms. The van der Waals surface area contributed by atoms with Crippen molar-refractivity contribution in [2.45, 2.75) is 51.5 Å². The quantitative estimate of drug-likeness (QED) is 0.913. The number of hydrogen-bond donors (Lipinski definition) is 1. The van der Waals surface area contributed by atoms with Gasteiger partial charge in [-0.3, -0.25) is 4.79 Å². The second kappa shape index (κ2) is 6.50. The minimum Gasteiger partial charge on any atom is -0.385 e. The van der Waals surface area contributed by atoms with Crippen LogP contribution in [-0.4, -0.2) is 29.9 Å². The van der Waals surface area contributed by atoms with E-state index in [1.807, 2.05) is 24.3 Å². The van der Waals surface area contributed by atoms with Crippen LogP contribution in [-0.2, 0) is 0 Å². The fourth-order valence-electron chi connectivity index (χ4n) is 4.05. The van der Waals surface area contributed by atoms with Crippen molar-refractivity contribution in [2.75, 3.05) is 18.4 Å². The Morgan fingerprint density at radius 1 is 1.19 bits per heavy atom. The lowest BCUT2D eigenvalue weighted by Gasteiger charge is -2.44. The van der Waals surface area contributed by atoms with E-state index in [0.717, 1.165) is 36.7 Å². The number of likely N-dealkylation sites (tertiary alicyclic amines) is 1. The minimum atomic E-state index is 0.225. The molecule has 1 heterocycles. The molecule has 0 bridgehead atoms. The van der Waals surface area contributed by atoms with Crippen LogP contribution in [0.15, 0.2) is 24.3 Å². The summed E-state index contributed by atoms with van der Waals surface area (Å²) in [5, 5.41) is 3.32. The molecule has 0 radical (unpaired) electrons. The van der Waals surface area contributed by atoms with Crippen molar-refractivity contribution in [1.82, 2.24) is 4.90 Å². The average molecular weight is 286 g/mol. The SMILES string of the molecule is CCNc1ccccc1C(=O)N1CCCC2CCCCC21. The minimum absolute atomic E-state index is 0.225. The number of para-hydroxylation sites is 1. The summed E-state index contributed by atoms with van der Waals surface area (Å²) in [6.07, 6.45) is 7.60. The van der Waals surface area contributed by atoms with E-state index >= 15 is 0 Å². The second-order valence-corrected chi connectivity index (χ2v) is 6.33. The fraction of sp³-hybridized carbons (Fsp3) is 0.611. The van der Waals surface area contributed by atoms with Gasteiger partial charge in [0.2, 0.25) is 0 Å². The first kappa shape index (κ1) is 14.4. The Bertz CT molecular complexity index is 498. The molecule has 2 unspecified atom stereocenters. The smallest absolute Gasteiger partial charge is 0.256 e. The van der Waals surface area contributed by atoms with Crippen LogP contribution in [0.5, 0.6) is 0 Å². The van der Waals surface area contributed by atoms with Gasteiger partial charge in [0.15, 0.2) is 0 Å².